The zero-order valence-corrected chi connectivity index (χ0v) is 34.0. The van der Waals surface area contributed by atoms with Crippen molar-refractivity contribution in [1.82, 2.24) is 4.90 Å². The molecular weight excluding hydrogens is 659 g/mol. The monoisotopic (exact) mass is 724 g/mol. The van der Waals surface area contributed by atoms with Crippen molar-refractivity contribution < 1.29 is 14.3 Å². The number of allylic oxidation sites excluding steroid dienone is 1. The average Bonchev–Trinajstić information content (AvgIpc) is 3.12. The summed E-state index contributed by atoms with van der Waals surface area (Å²) in [4.78, 5) is 34.0. The van der Waals surface area contributed by atoms with Crippen molar-refractivity contribution in [2.75, 3.05) is 30.4 Å². The third-order valence-electron chi connectivity index (χ3n) is 8.15. The Morgan fingerprint density at radius 3 is 1.98 bits per heavy atom. The van der Waals surface area contributed by atoms with E-state index in [0.29, 0.717) is 40.9 Å². The average molecular weight is 724 g/mol. The highest BCUT2D eigenvalue weighted by Gasteiger charge is 2.21. The van der Waals surface area contributed by atoms with Gasteiger partial charge in [0.2, 0.25) is 12.3 Å². The van der Waals surface area contributed by atoms with Gasteiger partial charge >= 0.3 is 0 Å². The lowest BCUT2D eigenvalue weighted by molar-refractivity contribution is -0.114. The summed E-state index contributed by atoms with van der Waals surface area (Å²) in [6, 6.07) is 25.6. The van der Waals surface area contributed by atoms with Crippen LogP contribution in [0.3, 0.4) is 0 Å². The van der Waals surface area contributed by atoms with E-state index in [4.69, 9.17) is 10.5 Å². The predicted molar refractivity (Wildman–Crippen MR) is 227 cm³/mol. The number of amidine groups is 1. The van der Waals surface area contributed by atoms with Crippen LogP contribution in [-0.4, -0.2) is 49.7 Å². The highest BCUT2D eigenvalue weighted by molar-refractivity contribution is 6.18. The Morgan fingerprint density at radius 1 is 0.925 bits per heavy atom. The number of hydrogen-bond donors (Lipinski definition) is 1. The number of amides is 2. The summed E-state index contributed by atoms with van der Waals surface area (Å²) in [7, 11) is 3.79. The topological polar surface area (TPSA) is 91.5 Å². The molecule has 0 aliphatic heterocycles. The minimum Gasteiger partial charge on any atom is -0.457 e. The molecule has 53 heavy (non-hydrogen) atoms. The van der Waals surface area contributed by atoms with Crippen molar-refractivity contribution in [1.29, 1.82) is 0 Å². The van der Waals surface area contributed by atoms with E-state index < -0.39 is 0 Å². The Labute approximate surface area is 320 Å². The van der Waals surface area contributed by atoms with Gasteiger partial charge in [-0.05, 0) is 89.0 Å². The Bertz CT molecular complexity index is 1580. The van der Waals surface area contributed by atoms with Gasteiger partial charge in [0.15, 0.2) is 0 Å². The molecule has 2 N–H and O–H groups in total. The number of benzene rings is 3. The number of nitrogens with two attached hydrogens (primary N) is 1. The van der Waals surface area contributed by atoms with E-state index in [2.05, 4.69) is 65.1 Å². The van der Waals surface area contributed by atoms with Gasteiger partial charge in [-0.25, -0.2) is 4.99 Å². The molecule has 3 aromatic rings. The summed E-state index contributed by atoms with van der Waals surface area (Å²) in [6.07, 6.45) is 11.9. The number of carbonyl (C=O) groups is 2. The maximum atomic E-state index is 12.6. The summed E-state index contributed by atoms with van der Waals surface area (Å²) < 4.78 is 5.63. The molecular formula is C45H65N5O3. The fraction of sp³-hybridized carbons (Fsp3) is 0.400. The minimum atomic E-state index is -0.134. The van der Waals surface area contributed by atoms with Crippen LogP contribution in [0.15, 0.2) is 120 Å². The number of para-hydroxylation sites is 1. The Morgan fingerprint density at radius 2 is 1.49 bits per heavy atom. The minimum absolute atomic E-state index is 0.134. The third kappa shape index (κ3) is 17.9. The number of rotatable bonds is 12. The van der Waals surface area contributed by atoms with Crippen LogP contribution >= 0.6 is 0 Å². The predicted octanol–water partition coefficient (Wildman–Crippen LogP) is 10.7. The second-order valence-electron chi connectivity index (χ2n) is 13.7. The van der Waals surface area contributed by atoms with Crippen molar-refractivity contribution in [3.8, 4) is 11.5 Å². The van der Waals surface area contributed by atoms with Crippen LogP contribution in [0.1, 0.15) is 86.1 Å². The van der Waals surface area contributed by atoms with Gasteiger partial charge in [-0.2, -0.15) is 0 Å². The number of unbranched alkanes of at least 4 members (excludes halogenated alkanes) is 1. The number of aryl methyl sites for hydroxylation is 1. The highest BCUT2D eigenvalue weighted by atomic mass is 16.5. The van der Waals surface area contributed by atoms with Gasteiger partial charge in [-0.15, -0.1) is 0 Å². The van der Waals surface area contributed by atoms with Crippen LogP contribution in [0.5, 0.6) is 11.5 Å². The molecule has 0 bridgehead atoms. The third-order valence-corrected chi connectivity index (χ3v) is 8.15. The van der Waals surface area contributed by atoms with Crippen molar-refractivity contribution in [2.24, 2.45) is 16.6 Å². The number of anilines is 2. The maximum Gasteiger partial charge on any atom is 0.250 e. The van der Waals surface area contributed by atoms with Crippen molar-refractivity contribution in [3.05, 3.63) is 121 Å². The molecule has 4 rings (SSSR count). The number of nitrogens with zero attached hydrogens (tertiary/aromatic N) is 4. The van der Waals surface area contributed by atoms with Gasteiger partial charge in [-0.3, -0.25) is 19.4 Å². The van der Waals surface area contributed by atoms with Crippen LogP contribution in [0.25, 0.3) is 0 Å². The first-order valence-corrected chi connectivity index (χ1v) is 18.7. The SMILES string of the molecule is C=CN=C(/C(C)=C(\C)N)N(C=O)c1cccc(N(C)C(=O)/C=C/CN(C)C2CCC2)c1.CC(C)C.CCCC.Cc1ccc(Oc2ccccc2)cc1. The fourth-order valence-electron chi connectivity index (χ4n) is 4.45. The van der Waals surface area contributed by atoms with Crippen molar-refractivity contribution in [3.63, 3.8) is 0 Å². The number of likely N-dealkylation sites (N-methyl/N-ethyl adjacent to an activating group) is 2. The molecule has 3 aromatic carbocycles. The smallest absolute Gasteiger partial charge is 0.250 e. The molecule has 1 saturated carbocycles. The standard InChI is InChI=1S/C24H33N5O2.C13H12O.2C4H10/c1-6-26-24(18(2)19(3)25)29(17-30)22-13-8-12-21(16-22)28(5)23(31)14-9-15-27(4)20-10-7-11-20;1-11-7-9-13(10-8-11)14-12-5-3-2-4-6-12;1-4(2)3;1-3-4-2/h6,8-9,12-14,16-17,20H,1,7,10-11,15,25H2,2-5H3;2-10H,1H3;4H,1-3H3;3-4H2,1-2H3/b14-9+,19-18+,26-24?;;;. The molecule has 0 spiro atoms. The molecule has 0 heterocycles. The zero-order chi connectivity index (χ0) is 39.8. The summed E-state index contributed by atoms with van der Waals surface area (Å²) in [6.45, 7) is 20.8. The van der Waals surface area contributed by atoms with E-state index in [9.17, 15) is 9.59 Å². The van der Waals surface area contributed by atoms with Crippen LogP contribution in [0.2, 0.25) is 0 Å². The molecule has 1 fully saturated rings. The number of carbonyl (C=O) groups excluding carboxylic acids is 2. The number of hydrogen-bond acceptors (Lipinski definition) is 6. The van der Waals surface area contributed by atoms with Gasteiger partial charge in [0.05, 0.1) is 5.69 Å². The Balaban J connectivity index is 0.000000520. The first-order chi connectivity index (χ1) is 25.3. The normalized spacial score (nSPS) is 12.9. The molecule has 0 aromatic heterocycles. The van der Waals surface area contributed by atoms with Crippen LogP contribution in [-0.2, 0) is 9.59 Å². The molecule has 1 aliphatic carbocycles. The molecule has 8 nitrogen and oxygen atoms in total. The molecule has 0 saturated heterocycles. The summed E-state index contributed by atoms with van der Waals surface area (Å²) in [5.74, 6) is 2.83. The molecule has 8 heteroatoms. The summed E-state index contributed by atoms with van der Waals surface area (Å²) >= 11 is 0. The molecule has 0 radical (unpaired) electrons. The van der Waals surface area contributed by atoms with E-state index in [0.717, 1.165) is 24.0 Å². The largest absolute Gasteiger partial charge is 0.457 e. The summed E-state index contributed by atoms with van der Waals surface area (Å²) in [5.41, 5.74) is 9.60. The zero-order valence-electron chi connectivity index (χ0n) is 34.0. The van der Waals surface area contributed by atoms with Crippen LogP contribution < -0.4 is 20.3 Å². The first kappa shape index (κ1) is 46.1. The first-order valence-electron chi connectivity index (χ1n) is 18.7. The maximum absolute atomic E-state index is 12.6. The van der Waals surface area contributed by atoms with Crippen LogP contribution in [0, 0.1) is 12.8 Å². The van der Waals surface area contributed by atoms with Gasteiger partial charge in [-0.1, -0.05) is 108 Å². The Hall–Kier alpha value is -4.95. The second-order valence-corrected chi connectivity index (χ2v) is 13.7. The van der Waals surface area contributed by atoms with E-state index in [1.54, 1.807) is 50.1 Å². The lowest BCUT2D eigenvalue weighted by atomic mass is 9.92. The number of aliphatic imine (C=N–C) groups is 1. The lowest BCUT2D eigenvalue weighted by Crippen LogP contribution is -2.37. The van der Waals surface area contributed by atoms with E-state index in [1.807, 2.05) is 66.7 Å². The van der Waals surface area contributed by atoms with Crippen molar-refractivity contribution >= 4 is 29.5 Å². The number of ether oxygens (including phenoxy) is 1. The highest BCUT2D eigenvalue weighted by Crippen LogP contribution is 2.25. The molecule has 0 atom stereocenters. The molecule has 1 aliphatic rings. The van der Waals surface area contributed by atoms with Gasteiger partial charge in [0, 0.05) is 48.9 Å². The summed E-state index contributed by atoms with van der Waals surface area (Å²) in [5, 5.41) is 0. The van der Waals surface area contributed by atoms with Crippen LogP contribution in [0.4, 0.5) is 11.4 Å². The Kier molecular flexibility index (Phi) is 22.5. The van der Waals surface area contributed by atoms with Gasteiger partial charge < -0.3 is 15.4 Å². The quantitative estimate of drug-likeness (QED) is 0.0869. The van der Waals surface area contributed by atoms with E-state index >= 15 is 0 Å². The van der Waals surface area contributed by atoms with Gasteiger partial charge in [0.25, 0.3) is 0 Å². The van der Waals surface area contributed by atoms with Crippen molar-refractivity contribution in [2.45, 2.75) is 93.5 Å². The second kappa shape index (κ2) is 25.9. The lowest BCUT2D eigenvalue weighted by Gasteiger charge is -2.33. The van der Waals surface area contributed by atoms with Gasteiger partial charge in [0.1, 0.15) is 17.3 Å². The molecule has 288 valence electrons. The molecule has 2 amide bonds. The van der Waals surface area contributed by atoms with E-state index in [1.165, 1.54) is 48.8 Å². The van der Waals surface area contributed by atoms with E-state index in [-0.39, 0.29) is 5.91 Å². The fourth-order valence-corrected chi connectivity index (χ4v) is 4.45. The molecule has 0 unspecified atom stereocenters.